The van der Waals surface area contributed by atoms with E-state index in [4.69, 9.17) is 11.6 Å². The molecule has 0 unspecified atom stereocenters. The van der Waals surface area contributed by atoms with Gasteiger partial charge in [0.05, 0.1) is 11.3 Å². The molecule has 0 aliphatic heterocycles. The molecule has 0 heterocycles. The zero-order valence-corrected chi connectivity index (χ0v) is 10.8. The van der Waals surface area contributed by atoms with Crippen molar-refractivity contribution in [3.63, 3.8) is 0 Å². The van der Waals surface area contributed by atoms with Gasteiger partial charge in [0, 0.05) is 12.1 Å². The van der Waals surface area contributed by atoms with Crippen molar-refractivity contribution in [2.45, 2.75) is 0 Å². The summed E-state index contributed by atoms with van der Waals surface area (Å²) in [5, 5.41) is 0.242. The zero-order valence-electron chi connectivity index (χ0n) is 10.0. The smallest absolute Gasteiger partial charge is 0.261 e. The van der Waals surface area contributed by atoms with Crippen molar-refractivity contribution < 1.29 is 13.6 Å². The Hall–Kier alpha value is -1.94. The van der Waals surface area contributed by atoms with Crippen LogP contribution in [0, 0.1) is 11.6 Å². The average Bonchev–Trinajstić information content (AvgIpc) is 2.40. The van der Waals surface area contributed by atoms with E-state index in [1.807, 2.05) is 0 Å². The third kappa shape index (κ3) is 2.74. The fourth-order valence-corrected chi connectivity index (χ4v) is 1.85. The Morgan fingerprint density at radius 3 is 2.47 bits per heavy atom. The monoisotopic (exact) mass is 281 g/mol. The lowest BCUT2D eigenvalue weighted by molar-refractivity contribution is 0.0988. The van der Waals surface area contributed by atoms with Crippen LogP contribution in [0.5, 0.6) is 0 Å². The Bertz CT molecular complexity index is 631. The van der Waals surface area contributed by atoms with Gasteiger partial charge < -0.3 is 4.90 Å². The number of anilines is 1. The van der Waals surface area contributed by atoms with Crippen LogP contribution in [0.4, 0.5) is 14.5 Å². The third-order valence-electron chi connectivity index (χ3n) is 2.68. The minimum absolute atomic E-state index is 0.0758. The molecule has 98 valence electrons. The molecule has 2 aromatic carbocycles. The van der Waals surface area contributed by atoms with E-state index in [0.29, 0.717) is 0 Å². The normalized spacial score (nSPS) is 10.3. The Kier molecular flexibility index (Phi) is 3.81. The van der Waals surface area contributed by atoms with Crippen molar-refractivity contribution >= 4 is 23.2 Å². The third-order valence-corrected chi connectivity index (χ3v) is 2.91. The van der Waals surface area contributed by atoms with Crippen LogP contribution in [-0.4, -0.2) is 13.0 Å². The summed E-state index contributed by atoms with van der Waals surface area (Å²) in [6.45, 7) is 0. The van der Waals surface area contributed by atoms with E-state index in [9.17, 15) is 13.6 Å². The van der Waals surface area contributed by atoms with Gasteiger partial charge in [0.25, 0.3) is 5.91 Å². The van der Waals surface area contributed by atoms with Crippen molar-refractivity contribution in [3.05, 3.63) is 64.7 Å². The second-order valence-corrected chi connectivity index (χ2v) is 4.38. The molecule has 0 N–H and O–H groups in total. The second-order valence-electron chi connectivity index (χ2n) is 3.94. The van der Waals surface area contributed by atoms with Gasteiger partial charge in [-0.25, -0.2) is 8.78 Å². The molecular formula is C14H10ClF2NO. The Balaban J connectivity index is 2.39. The quantitative estimate of drug-likeness (QED) is 0.818. The van der Waals surface area contributed by atoms with Gasteiger partial charge in [-0.05, 0) is 30.3 Å². The molecule has 2 rings (SSSR count). The summed E-state index contributed by atoms with van der Waals surface area (Å²) in [6, 6.07) is 9.44. The number of rotatable bonds is 2. The van der Waals surface area contributed by atoms with Crippen LogP contribution < -0.4 is 4.90 Å². The molecule has 2 aromatic rings. The summed E-state index contributed by atoms with van der Waals surface area (Å²) in [7, 11) is 1.38. The minimum Gasteiger partial charge on any atom is -0.309 e. The van der Waals surface area contributed by atoms with E-state index in [0.717, 1.165) is 11.0 Å². The van der Waals surface area contributed by atoms with Crippen molar-refractivity contribution in [1.29, 1.82) is 0 Å². The molecule has 0 aromatic heterocycles. The summed E-state index contributed by atoms with van der Waals surface area (Å²) in [4.78, 5) is 13.2. The molecule has 0 aliphatic rings. The second kappa shape index (κ2) is 5.36. The van der Waals surface area contributed by atoms with Gasteiger partial charge in [-0.1, -0.05) is 23.7 Å². The molecule has 2 nitrogen and oxygen atoms in total. The Morgan fingerprint density at radius 2 is 1.79 bits per heavy atom. The lowest BCUT2D eigenvalue weighted by Crippen LogP contribution is -2.27. The predicted molar refractivity (Wildman–Crippen MR) is 70.5 cm³/mol. The van der Waals surface area contributed by atoms with Crippen LogP contribution in [0.1, 0.15) is 10.4 Å². The van der Waals surface area contributed by atoms with Gasteiger partial charge in [0.1, 0.15) is 11.6 Å². The van der Waals surface area contributed by atoms with E-state index in [1.165, 1.54) is 37.4 Å². The molecule has 0 atom stereocenters. The first kappa shape index (κ1) is 13.5. The molecule has 0 saturated heterocycles. The first-order chi connectivity index (χ1) is 9.00. The van der Waals surface area contributed by atoms with E-state index < -0.39 is 17.5 Å². The van der Waals surface area contributed by atoms with Gasteiger partial charge in [0.15, 0.2) is 0 Å². The number of carbonyl (C=O) groups is 1. The fraction of sp³-hybridized carbons (Fsp3) is 0.0714. The lowest BCUT2D eigenvalue weighted by Gasteiger charge is -2.18. The fourth-order valence-electron chi connectivity index (χ4n) is 1.68. The van der Waals surface area contributed by atoms with Crippen molar-refractivity contribution in [2.75, 3.05) is 11.9 Å². The standard InChI is InChI=1S/C14H10ClF2NO/c1-18(13-5-3-2-4-12(13)17)14(19)10-8-9(15)6-7-11(10)16/h2-8H,1H3. The van der Waals surface area contributed by atoms with Crippen LogP contribution in [0.3, 0.4) is 0 Å². The maximum Gasteiger partial charge on any atom is 0.261 e. The lowest BCUT2D eigenvalue weighted by atomic mass is 10.1. The number of hydrogen-bond acceptors (Lipinski definition) is 1. The molecular weight excluding hydrogens is 272 g/mol. The van der Waals surface area contributed by atoms with Gasteiger partial charge in [0.2, 0.25) is 0 Å². The summed E-state index contributed by atoms with van der Waals surface area (Å²) in [5.74, 6) is -1.91. The van der Waals surface area contributed by atoms with E-state index in [1.54, 1.807) is 6.07 Å². The van der Waals surface area contributed by atoms with E-state index >= 15 is 0 Å². The molecule has 19 heavy (non-hydrogen) atoms. The van der Waals surface area contributed by atoms with Crippen LogP contribution in [0.15, 0.2) is 42.5 Å². The number of para-hydroxylation sites is 1. The van der Waals surface area contributed by atoms with Gasteiger partial charge in [-0.3, -0.25) is 4.79 Å². The molecule has 0 saturated carbocycles. The van der Waals surface area contributed by atoms with Crippen LogP contribution in [0.2, 0.25) is 5.02 Å². The SMILES string of the molecule is CN(C(=O)c1cc(Cl)ccc1F)c1ccccc1F. The minimum atomic E-state index is -0.697. The highest BCUT2D eigenvalue weighted by Crippen LogP contribution is 2.22. The number of halogens is 3. The topological polar surface area (TPSA) is 20.3 Å². The summed E-state index contributed by atoms with van der Waals surface area (Å²) in [6.07, 6.45) is 0. The summed E-state index contributed by atoms with van der Waals surface area (Å²) in [5.41, 5.74) is -0.120. The first-order valence-electron chi connectivity index (χ1n) is 5.48. The van der Waals surface area contributed by atoms with Crippen molar-refractivity contribution in [1.82, 2.24) is 0 Å². The number of benzene rings is 2. The maximum absolute atomic E-state index is 13.6. The number of nitrogens with zero attached hydrogens (tertiary/aromatic N) is 1. The first-order valence-corrected chi connectivity index (χ1v) is 5.86. The highest BCUT2D eigenvalue weighted by molar-refractivity contribution is 6.31. The predicted octanol–water partition coefficient (Wildman–Crippen LogP) is 3.89. The maximum atomic E-state index is 13.6. The summed E-state index contributed by atoms with van der Waals surface area (Å²) >= 11 is 5.73. The van der Waals surface area contributed by atoms with E-state index in [2.05, 4.69) is 0 Å². The molecule has 0 radical (unpaired) electrons. The van der Waals surface area contributed by atoms with E-state index in [-0.39, 0.29) is 16.3 Å². The van der Waals surface area contributed by atoms with Crippen LogP contribution in [0.25, 0.3) is 0 Å². The van der Waals surface area contributed by atoms with Gasteiger partial charge in [-0.15, -0.1) is 0 Å². The Morgan fingerprint density at radius 1 is 1.11 bits per heavy atom. The Labute approximate surface area is 114 Å². The number of hydrogen-bond donors (Lipinski definition) is 0. The molecule has 0 aliphatic carbocycles. The van der Waals surface area contributed by atoms with Gasteiger partial charge >= 0.3 is 0 Å². The largest absolute Gasteiger partial charge is 0.309 e. The average molecular weight is 282 g/mol. The molecule has 5 heteroatoms. The van der Waals surface area contributed by atoms with Crippen molar-refractivity contribution in [3.8, 4) is 0 Å². The molecule has 0 bridgehead atoms. The molecule has 0 spiro atoms. The zero-order chi connectivity index (χ0) is 14.0. The number of carbonyl (C=O) groups excluding carboxylic acids is 1. The van der Waals surface area contributed by atoms with Crippen LogP contribution in [-0.2, 0) is 0 Å². The van der Waals surface area contributed by atoms with Crippen molar-refractivity contribution in [2.24, 2.45) is 0 Å². The molecule has 1 amide bonds. The molecule has 0 fully saturated rings. The highest BCUT2D eigenvalue weighted by atomic mass is 35.5. The highest BCUT2D eigenvalue weighted by Gasteiger charge is 2.19. The van der Waals surface area contributed by atoms with Crippen LogP contribution >= 0.6 is 11.6 Å². The number of amides is 1. The summed E-state index contributed by atoms with van der Waals surface area (Å²) < 4.78 is 27.2. The van der Waals surface area contributed by atoms with Gasteiger partial charge in [-0.2, -0.15) is 0 Å².